The lowest BCUT2D eigenvalue weighted by atomic mass is 10.0. The number of hydrogen-bond donors (Lipinski definition) is 1. The first-order valence-electron chi connectivity index (χ1n) is 9.15. The third kappa shape index (κ3) is 5.41. The van der Waals surface area contributed by atoms with Crippen LogP contribution in [0.15, 0.2) is 10.9 Å². The number of halogens is 3. The zero-order valence-corrected chi connectivity index (χ0v) is 17.8. The van der Waals surface area contributed by atoms with E-state index in [0.717, 1.165) is 25.6 Å². The minimum Gasteiger partial charge on any atom is -0.480 e. The smallest absolute Gasteiger partial charge is 0.421 e. The van der Waals surface area contributed by atoms with Crippen molar-refractivity contribution in [1.82, 2.24) is 14.7 Å². The number of rotatable bonds is 8. The van der Waals surface area contributed by atoms with Crippen LogP contribution in [0.25, 0.3) is 0 Å². The number of alkyl halides is 3. The highest BCUT2D eigenvalue weighted by atomic mass is 28.1. The summed E-state index contributed by atoms with van der Waals surface area (Å²) in [5.74, 6) is -1.15. The van der Waals surface area contributed by atoms with Gasteiger partial charge in [0.2, 0.25) is 0 Å². The van der Waals surface area contributed by atoms with Gasteiger partial charge < -0.3 is 10.0 Å². The van der Waals surface area contributed by atoms with Crippen molar-refractivity contribution in [3.8, 4) is 0 Å². The van der Waals surface area contributed by atoms with Crippen LogP contribution in [0.1, 0.15) is 44.0 Å². The molecule has 2 rings (SSSR count). The van der Waals surface area contributed by atoms with Gasteiger partial charge >= 0.3 is 12.1 Å². The SMILES string of the molecule is CC(C)CC([SiH3])[C@@H](C(=O)O)n1nc(CCN2CCC2)cc(C(F)(F)F)c1=O. The predicted molar refractivity (Wildman–Crippen MR) is 98.1 cm³/mol. The molecule has 0 aliphatic carbocycles. The Morgan fingerprint density at radius 3 is 2.44 bits per heavy atom. The fraction of sp³-hybridized carbons (Fsp3) is 0.706. The molecule has 1 aliphatic rings. The minimum atomic E-state index is -4.85. The zero-order chi connectivity index (χ0) is 20.4. The Hall–Kier alpha value is -1.68. The molecule has 1 unspecified atom stereocenters. The molecular weight excluding hydrogens is 379 g/mol. The maximum atomic E-state index is 13.4. The van der Waals surface area contributed by atoms with Crippen molar-refractivity contribution < 1.29 is 23.1 Å². The Labute approximate surface area is 158 Å². The molecule has 2 atom stereocenters. The number of hydrogen-bond acceptors (Lipinski definition) is 4. The molecule has 0 spiro atoms. The molecular formula is C17H26F3N3O3Si. The molecule has 1 N–H and O–H groups in total. The fourth-order valence-corrected chi connectivity index (χ4v) is 4.93. The van der Waals surface area contributed by atoms with Crippen LogP contribution in [0.2, 0.25) is 5.54 Å². The van der Waals surface area contributed by atoms with Gasteiger partial charge in [-0.05, 0) is 43.5 Å². The maximum Gasteiger partial charge on any atom is 0.421 e. The van der Waals surface area contributed by atoms with Gasteiger partial charge in [-0.15, -0.1) is 0 Å². The molecule has 0 amide bonds. The molecule has 1 fully saturated rings. The normalized spacial score (nSPS) is 17.7. The van der Waals surface area contributed by atoms with Crippen molar-refractivity contribution in [1.29, 1.82) is 0 Å². The van der Waals surface area contributed by atoms with E-state index in [-0.39, 0.29) is 18.0 Å². The van der Waals surface area contributed by atoms with E-state index in [9.17, 15) is 27.9 Å². The highest BCUT2D eigenvalue weighted by molar-refractivity contribution is 6.13. The number of aliphatic carboxylic acids is 1. The van der Waals surface area contributed by atoms with E-state index < -0.39 is 34.9 Å². The van der Waals surface area contributed by atoms with Crippen LogP contribution in [0, 0.1) is 5.92 Å². The third-order valence-electron chi connectivity index (χ3n) is 4.82. The van der Waals surface area contributed by atoms with E-state index in [2.05, 4.69) is 10.00 Å². The minimum absolute atomic E-state index is 0.0958. The van der Waals surface area contributed by atoms with Gasteiger partial charge in [-0.1, -0.05) is 13.8 Å². The van der Waals surface area contributed by atoms with Crippen molar-refractivity contribution in [3.63, 3.8) is 0 Å². The third-order valence-corrected chi connectivity index (χ3v) is 5.93. The topological polar surface area (TPSA) is 75.4 Å². The molecule has 1 aromatic rings. The largest absolute Gasteiger partial charge is 0.480 e. The van der Waals surface area contributed by atoms with E-state index in [1.165, 1.54) is 0 Å². The summed E-state index contributed by atoms with van der Waals surface area (Å²) in [5.41, 5.74) is -3.04. The van der Waals surface area contributed by atoms with Crippen molar-refractivity contribution in [2.75, 3.05) is 19.6 Å². The predicted octanol–water partition coefficient (Wildman–Crippen LogP) is 1.34. The van der Waals surface area contributed by atoms with Crippen molar-refractivity contribution >= 4 is 16.2 Å². The summed E-state index contributed by atoms with van der Waals surface area (Å²) in [7, 11) is 0.425. The second kappa shape index (κ2) is 8.55. The number of aromatic nitrogens is 2. The van der Waals surface area contributed by atoms with E-state index in [1.54, 1.807) is 0 Å². The Morgan fingerprint density at radius 2 is 2.00 bits per heavy atom. The Morgan fingerprint density at radius 1 is 1.37 bits per heavy atom. The van der Waals surface area contributed by atoms with Gasteiger partial charge in [0.15, 0.2) is 6.04 Å². The number of carboxylic acid groups (broad SMARTS) is 1. The summed E-state index contributed by atoms with van der Waals surface area (Å²) in [6.07, 6.45) is -3.05. The Balaban J connectivity index is 2.46. The van der Waals surface area contributed by atoms with Gasteiger partial charge in [0.05, 0.1) is 5.69 Å². The van der Waals surface area contributed by atoms with Gasteiger partial charge in [0.25, 0.3) is 5.56 Å². The summed E-state index contributed by atoms with van der Waals surface area (Å²) in [6.45, 7) is 6.13. The number of likely N-dealkylation sites (tertiary alicyclic amines) is 1. The van der Waals surface area contributed by atoms with Gasteiger partial charge in [0, 0.05) is 23.2 Å². The molecule has 27 heavy (non-hydrogen) atoms. The second-order valence-corrected chi connectivity index (χ2v) is 9.12. The number of carbonyl (C=O) groups is 1. The maximum absolute atomic E-state index is 13.4. The van der Waals surface area contributed by atoms with Crippen LogP contribution < -0.4 is 5.56 Å². The summed E-state index contributed by atoms with van der Waals surface area (Å²) in [4.78, 5) is 26.3. The van der Waals surface area contributed by atoms with Crippen LogP contribution in [-0.2, 0) is 17.4 Å². The quantitative estimate of drug-likeness (QED) is 0.661. The lowest BCUT2D eigenvalue weighted by Gasteiger charge is -2.30. The molecule has 1 aromatic heterocycles. The first-order chi connectivity index (χ1) is 12.5. The average molecular weight is 405 g/mol. The van der Waals surface area contributed by atoms with Crippen molar-refractivity contribution in [2.24, 2.45) is 5.92 Å². The van der Waals surface area contributed by atoms with E-state index in [1.807, 2.05) is 13.8 Å². The van der Waals surface area contributed by atoms with Gasteiger partial charge in [-0.2, -0.15) is 18.3 Å². The van der Waals surface area contributed by atoms with E-state index >= 15 is 0 Å². The second-order valence-electron chi connectivity index (χ2n) is 7.63. The van der Waals surface area contributed by atoms with Crippen LogP contribution in [0.5, 0.6) is 0 Å². The highest BCUT2D eigenvalue weighted by Crippen LogP contribution is 2.30. The van der Waals surface area contributed by atoms with Crippen molar-refractivity contribution in [2.45, 2.75) is 50.9 Å². The number of nitrogens with zero attached hydrogens (tertiary/aromatic N) is 3. The lowest BCUT2D eigenvalue weighted by molar-refractivity contribution is -0.144. The standard InChI is InChI=1S/C17H26F3N3O3Si/c1-10(2)8-13(27)14(16(25)26)23-15(24)12(17(18,19)20)9-11(21-23)4-7-22-5-3-6-22/h9-10,13-14H,3-8H2,1-2,27H3,(H,25,26)/t13?,14-/m0/s1. The van der Waals surface area contributed by atoms with Crippen molar-refractivity contribution in [3.05, 3.63) is 27.7 Å². The number of carboxylic acids is 1. The van der Waals surface area contributed by atoms with E-state index in [4.69, 9.17) is 0 Å². The van der Waals surface area contributed by atoms with Gasteiger partial charge in [-0.3, -0.25) is 4.79 Å². The molecule has 0 bridgehead atoms. The highest BCUT2D eigenvalue weighted by Gasteiger charge is 2.38. The monoisotopic (exact) mass is 405 g/mol. The Kier molecular flexibility index (Phi) is 6.85. The zero-order valence-electron chi connectivity index (χ0n) is 15.8. The van der Waals surface area contributed by atoms with Gasteiger partial charge in [0.1, 0.15) is 5.56 Å². The first-order valence-corrected chi connectivity index (χ1v) is 10.3. The van der Waals surface area contributed by atoms with Crippen LogP contribution in [-0.4, -0.2) is 55.6 Å². The molecule has 0 saturated carbocycles. The molecule has 1 saturated heterocycles. The lowest BCUT2D eigenvalue weighted by Crippen LogP contribution is -2.40. The summed E-state index contributed by atoms with van der Waals surface area (Å²) >= 11 is 0. The summed E-state index contributed by atoms with van der Waals surface area (Å²) in [6, 6.07) is -0.612. The molecule has 152 valence electrons. The summed E-state index contributed by atoms with van der Waals surface area (Å²) < 4.78 is 40.7. The van der Waals surface area contributed by atoms with Gasteiger partial charge in [-0.25, -0.2) is 9.48 Å². The van der Waals surface area contributed by atoms with Crippen LogP contribution in [0.3, 0.4) is 0 Å². The molecule has 0 aromatic carbocycles. The molecule has 1 aliphatic heterocycles. The molecule has 10 heteroatoms. The van der Waals surface area contributed by atoms with Crippen LogP contribution >= 0.6 is 0 Å². The summed E-state index contributed by atoms with van der Waals surface area (Å²) in [5, 5.41) is 13.7. The average Bonchev–Trinajstić information content (AvgIpc) is 2.46. The fourth-order valence-electron chi connectivity index (χ4n) is 3.42. The first kappa shape index (κ1) is 21.6. The van der Waals surface area contributed by atoms with E-state index in [0.29, 0.717) is 27.9 Å². The molecule has 0 radical (unpaired) electrons. The van der Waals surface area contributed by atoms with Crippen LogP contribution in [0.4, 0.5) is 13.2 Å². The molecule has 6 nitrogen and oxygen atoms in total. The Bertz CT molecular complexity index is 732. The molecule has 2 heterocycles.